The van der Waals surface area contributed by atoms with E-state index in [-0.39, 0.29) is 0 Å². The number of methoxy groups -OCH3 is 1. The maximum absolute atomic E-state index is 10.3. The van der Waals surface area contributed by atoms with Gasteiger partial charge < -0.3 is 9.84 Å². The van der Waals surface area contributed by atoms with E-state index in [4.69, 9.17) is 16.3 Å². The highest BCUT2D eigenvalue weighted by Crippen LogP contribution is 2.42. The van der Waals surface area contributed by atoms with Crippen molar-refractivity contribution in [2.45, 2.75) is 31.8 Å². The molecular formula is C13H17ClO2. The Labute approximate surface area is 101 Å². The van der Waals surface area contributed by atoms with Gasteiger partial charge in [0.2, 0.25) is 0 Å². The van der Waals surface area contributed by atoms with Crippen LogP contribution in [0.5, 0.6) is 5.75 Å². The van der Waals surface area contributed by atoms with Crippen molar-refractivity contribution in [3.63, 3.8) is 0 Å². The van der Waals surface area contributed by atoms with E-state index in [2.05, 4.69) is 0 Å². The maximum atomic E-state index is 10.3. The van der Waals surface area contributed by atoms with Gasteiger partial charge in [0.15, 0.2) is 0 Å². The summed E-state index contributed by atoms with van der Waals surface area (Å²) in [5.74, 6) is 1.22. The van der Waals surface area contributed by atoms with Gasteiger partial charge in [0.05, 0.1) is 12.7 Å². The highest BCUT2D eigenvalue weighted by Gasteiger charge is 2.40. The Hall–Kier alpha value is -0.730. The molecule has 1 aromatic carbocycles. The number of hydrogen-bond donors (Lipinski definition) is 1. The first kappa shape index (κ1) is 11.7. The minimum atomic E-state index is -0.641. The molecule has 2 rings (SSSR count). The SMILES string of the molecule is COc1ccc(Cl)cc1CC(C)(O)C1CC1. The van der Waals surface area contributed by atoms with Gasteiger partial charge in [-0.2, -0.15) is 0 Å². The summed E-state index contributed by atoms with van der Waals surface area (Å²) in [5.41, 5.74) is 0.338. The second-order valence-electron chi connectivity index (χ2n) is 4.76. The molecule has 0 spiro atoms. The monoisotopic (exact) mass is 240 g/mol. The van der Waals surface area contributed by atoms with E-state index in [9.17, 15) is 5.11 Å². The number of halogens is 1. The van der Waals surface area contributed by atoms with Crippen LogP contribution in [0.25, 0.3) is 0 Å². The fourth-order valence-corrected chi connectivity index (χ4v) is 2.32. The Bertz CT molecular complexity index is 384. The molecular weight excluding hydrogens is 224 g/mol. The molecule has 1 aliphatic carbocycles. The van der Waals surface area contributed by atoms with E-state index in [0.29, 0.717) is 17.4 Å². The van der Waals surface area contributed by atoms with Gasteiger partial charge in [-0.3, -0.25) is 0 Å². The van der Waals surface area contributed by atoms with Crippen LogP contribution in [0, 0.1) is 5.92 Å². The molecule has 0 amide bonds. The molecule has 16 heavy (non-hydrogen) atoms. The lowest BCUT2D eigenvalue weighted by Gasteiger charge is -2.24. The molecule has 3 heteroatoms. The van der Waals surface area contributed by atoms with Gasteiger partial charge in [-0.1, -0.05) is 11.6 Å². The summed E-state index contributed by atoms with van der Waals surface area (Å²) in [6, 6.07) is 5.52. The van der Waals surface area contributed by atoms with Crippen LogP contribution in [0.2, 0.25) is 5.02 Å². The Kier molecular flexibility index (Phi) is 3.13. The fourth-order valence-electron chi connectivity index (χ4n) is 2.12. The molecule has 0 heterocycles. The quantitative estimate of drug-likeness (QED) is 0.877. The lowest BCUT2D eigenvalue weighted by Crippen LogP contribution is -2.29. The van der Waals surface area contributed by atoms with E-state index >= 15 is 0 Å². The zero-order valence-electron chi connectivity index (χ0n) is 9.66. The van der Waals surface area contributed by atoms with Crippen LogP contribution in [-0.2, 0) is 6.42 Å². The van der Waals surface area contributed by atoms with Crippen molar-refractivity contribution in [2.75, 3.05) is 7.11 Å². The number of aliphatic hydroxyl groups is 1. The van der Waals surface area contributed by atoms with Crippen molar-refractivity contribution >= 4 is 11.6 Å². The summed E-state index contributed by atoms with van der Waals surface area (Å²) in [4.78, 5) is 0. The molecule has 0 aromatic heterocycles. The third-order valence-corrected chi connectivity index (χ3v) is 3.48. The molecule has 1 fully saturated rings. The first-order valence-electron chi connectivity index (χ1n) is 5.58. The van der Waals surface area contributed by atoms with Gasteiger partial charge in [0.25, 0.3) is 0 Å². The van der Waals surface area contributed by atoms with E-state index in [1.54, 1.807) is 13.2 Å². The largest absolute Gasteiger partial charge is 0.496 e. The predicted octanol–water partition coefficient (Wildman–Crippen LogP) is 3.05. The van der Waals surface area contributed by atoms with Crippen LogP contribution in [0.4, 0.5) is 0 Å². The number of hydrogen-bond acceptors (Lipinski definition) is 2. The summed E-state index contributed by atoms with van der Waals surface area (Å²) >= 11 is 5.96. The zero-order chi connectivity index (χ0) is 11.8. The summed E-state index contributed by atoms with van der Waals surface area (Å²) in [6.07, 6.45) is 2.84. The third kappa shape index (κ3) is 2.50. The van der Waals surface area contributed by atoms with Crippen LogP contribution in [0.3, 0.4) is 0 Å². The number of ether oxygens (including phenoxy) is 1. The first-order valence-corrected chi connectivity index (χ1v) is 5.95. The van der Waals surface area contributed by atoms with Crippen LogP contribution < -0.4 is 4.74 Å². The van der Waals surface area contributed by atoms with E-state index in [1.807, 2.05) is 19.1 Å². The lowest BCUT2D eigenvalue weighted by molar-refractivity contribution is 0.0366. The fraction of sp³-hybridized carbons (Fsp3) is 0.538. The Morgan fingerprint density at radius 1 is 1.50 bits per heavy atom. The van der Waals surface area contributed by atoms with Gasteiger partial charge in [-0.15, -0.1) is 0 Å². The summed E-state index contributed by atoms with van der Waals surface area (Å²) < 4.78 is 5.28. The molecule has 1 unspecified atom stereocenters. The molecule has 1 atom stereocenters. The van der Waals surface area contributed by atoms with Crippen LogP contribution >= 0.6 is 11.6 Å². The minimum absolute atomic E-state index is 0.427. The van der Waals surface area contributed by atoms with Gasteiger partial charge in [-0.25, -0.2) is 0 Å². The zero-order valence-corrected chi connectivity index (χ0v) is 10.4. The van der Waals surface area contributed by atoms with Gasteiger partial charge >= 0.3 is 0 Å². The normalized spacial score (nSPS) is 19.2. The maximum Gasteiger partial charge on any atom is 0.122 e. The Morgan fingerprint density at radius 3 is 2.75 bits per heavy atom. The van der Waals surface area contributed by atoms with Gasteiger partial charge in [-0.05, 0) is 49.4 Å². The molecule has 2 nitrogen and oxygen atoms in total. The average Bonchev–Trinajstić information content (AvgIpc) is 3.00. The van der Waals surface area contributed by atoms with E-state index in [0.717, 1.165) is 24.2 Å². The summed E-state index contributed by atoms with van der Waals surface area (Å²) in [6.45, 7) is 1.89. The summed E-state index contributed by atoms with van der Waals surface area (Å²) in [5, 5.41) is 11.0. The van der Waals surface area contributed by atoms with Crippen molar-refractivity contribution in [1.29, 1.82) is 0 Å². The smallest absolute Gasteiger partial charge is 0.122 e. The first-order chi connectivity index (χ1) is 7.53. The molecule has 1 N–H and O–H groups in total. The minimum Gasteiger partial charge on any atom is -0.496 e. The molecule has 0 aliphatic heterocycles. The van der Waals surface area contributed by atoms with Crippen molar-refractivity contribution in [2.24, 2.45) is 5.92 Å². The predicted molar refractivity (Wildman–Crippen MR) is 65.1 cm³/mol. The van der Waals surface area contributed by atoms with E-state index in [1.165, 1.54) is 0 Å². The lowest BCUT2D eigenvalue weighted by atomic mass is 9.91. The van der Waals surface area contributed by atoms with E-state index < -0.39 is 5.60 Å². The number of rotatable bonds is 4. The van der Waals surface area contributed by atoms with Gasteiger partial charge in [0, 0.05) is 11.4 Å². The Morgan fingerprint density at radius 2 is 2.19 bits per heavy atom. The van der Waals surface area contributed by atoms with Crippen LogP contribution in [0.1, 0.15) is 25.3 Å². The van der Waals surface area contributed by atoms with Crippen LogP contribution in [0.15, 0.2) is 18.2 Å². The van der Waals surface area contributed by atoms with Crippen LogP contribution in [-0.4, -0.2) is 17.8 Å². The third-order valence-electron chi connectivity index (χ3n) is 3.25. The highest BCUT2D eigenvalue weighted by atomic mass is 35.5. The van der Waals surface area contributed by atoms with Crippen molar-refractivity contribution in [3.05, 3.63) is 28.8 Å². The molecule has 1 saturated carbocycles. The topological polar surface area (TPSA) is 29.5 Å². The second kappa shape index (κ2) is 4.27. The molecule has 0 bridgehead atoms. The molecule has 88 valence electrons. The molecule has 0 radical (unpaired) electrons. The Balaban J connectivity index is 2.21. The highest BCUT2D eigenvalue weighted by molar-refractivity contribution is 6.30. The standard InChI is InChI=1S/C13H17ClO2/c1-13(15,10-3-4-10)8-9-7-11(14)5-6-12(9)16-2/h5-7,10,15H,3-4,8H2,1-2H3. The van der Waals surface area contributed by atoms with Crippen molar-refractivity contribution in [1.82, 2.24) is 0 Å². The molecule has 1 aromatic rings. The molecule has 1 aliphatic rings. The second-order valence-corrected chi connectivity index (χ2v) is 5.20. The number of benzene rings is 1. The van der Waals surface area contributed by atoms with Gasteiger partial charge in [0.1, 0.15) is 5.75 Å². The molecule has 0 saturated heterocycles. The van der Waals surface area contributed by atoms with Crippen molar-refractivity contribution < 1.29 is 9.84 Å². The van der Waals surface area contributed by atoms with Crippen molar-refractivity contribution in [3.8, 4) is 5.75 Å². The average molecular weight is 241 g/mol. The summed E-state index contributed by atoms with van der Waals surface area (Å²) in [7, 11) is 1.64.